The lowest BCUT2D eigenvalue weighted by molar-refractivity contribution is 0.222. The summed E-state index contributed by atoms with van der Waals surface area (Å²) in [6.07, 6.45) is 0. The van der Waals surface area contributed by atoms with E-state index < -0.39 is 0 Å². The van der Waals surface area contributed by atoms with Gasteiger partial charge in [-0.3, -0.25) is 4.90 Å². The van der Waals surface area contributed by atoms with Crippen LogP contribution in [0.5, 0.6) is 5.75 Å². The normalized spacial score (nSPS) is 16.0. The molecule has 0 aliphatic carbocycles. The summed E-state index contributed by atoms with van der Waals surface area (Å²) in [4.78, 5) is 6.64. The summed E-state index contributed by atoms with van der Waals surface area (Å²) in [5.41, 5.74) is 0. The van der Waals surface area contributed by atoms with Crippen molar-refractivity contribution in [1.82, 2.24) is 20.4 Å². The number of aromatic nitrogens is 2. The van der Waals surface area contributed by atoms with Crippen molar-refractivity contribution in [2.45, 2.75) is 13.2 Å². The van der Waals surface area contributed by atoms with E-state index in [1.165, 1.54) is 0 Å². The molecule has 3 rings (SSSR count). The molecule has 2 aromatic rings. The maximum absolute atomic E-state index is 5.82. The van der Waals surface area contributed by atoms with E-state index >= 15 is 0 Å². The predicted molar refractivity (Wildman–Crippen MR) is 78.2 cm³/mol. The van der Waals surface area contributed by atoms with E-state index in [9.17, 15) is 0 Å². The van der Waals surface area contributed by atoms with Crippen LogP contribution in [0.4, 0.5) is 0 Å². The highest BCUT2D eigenvalue weighted by molar-refractivity contribution is 6.30. The Bertz CT molecular complexity index is 567. The van der Waals surface area contributed by atoms with Crippen LogP contribution in [-0.4, -0.2) is 41.2 Å². The maximum Gasteiger partial charge on any atom is 0.264 e. The molecule has 0 spiro atoms. The SMILES string of the molecule is Clc1ccc(OCc2nc(CN3CCNCC3)no2)cc1. The van der Waals surface area contributed by atoms with Crippen LogP contribution in [0.2, 0.25) is 5.02 Å². The number of rotatable bonds is 5. The van der Waals surface area contributed by atoms with Crippen LogP contribution in [0.15, 0.2) is 28.8 Å². The van der Waals surface area contributed by atoms with Gasteiger partial charge in [-0.25, -0.2) is 0 Å². The molecule has 6 nitrogen and oxygen atoms in total. The van der Waals surface area contributed by atoms with E-state index in [-0.39, 0.29) is 6.61 Å². The highest BCUT2D eigenvalue weighted by Crippen LogP contribution is 2.16. The second-order valence-corrected chi connectivity index (χ2v) is 5.31. The summed E-state index contributed by atoms with van der Waals surface area (Å²) in [5, 5.41) is 7.98. The smallest absolute Gasteiger partial charge is 0.264 e. The Kier molecular flexibility index (Phi) is 4.69. The Morgan fingerprint density at radius 1 is 1.24 bits per heavy atom. The zero-order valence-corrected chi connectivity index (χ0v) is 12.3. The molecule has 21 heavy (non-hydrogen) atoms. The molecular formula is C14H17ClN4O2. The lowest BCUT2D eigenvalue weighted by Gasteiger charge is -2.25. The Hall–Kier alpha value is -1.63. The summed E-state index contributed by atoms with van der Waals surface area (Å²) in [7, 11) is 0. The molecular weight excluding hydrogens is 292 g/mol. The van der Waals surface area contributed by atoms with Crippen LogP contribution in [0.3, 0.4) is 0 Å². The van der Waals surface area contributed by atoms with Gasteiger partial charge in [0.25, 0.3) is 5.89 Å². The predicted octanol–water partition coefficient (Wildman–Crippen LogP) is 1.71. The van der Waals surface area contributed by atoms with Crippen molar-refractivity contribution in [2.75, 3.05) is 26.2 Å². The summed E-state index contributed by atoms with van der Waals surface area (Å²) in [6.45, 7) is 4.99. The Labute approximate surface area is 128 Å². The van der Waals surface area contributed by atoms with Crippen molar-refractivity contribution in [3.05, 3.63) is 41.0 Å². The molecule has 1 aliphatic rings. The van der Waals surface area contributed by atoms with Crippen LogP contribution in [0, 0.1) is 0 Å². The van der Waals surface area contributed by atoms with Gasteiger partial charge in [-0.05, 0) is 24.3 Å². The van der Waals surface area contributed by atoms with Crippen LogP contribution in [0.25, 0.3) is 0 Å². The standard InChI is InChI=1S/C14H17ClN4O2/c15-11-1-3-12(4-2-11)20-10-14-17-13(18-21-14)9-19-7-5-16-6-8-19/h1-4,16H,5-10H2. The number of hydrogen-bond donors (Lipinski definition) is 1. The lowest BCUT2D eigenvalue weighted by atomic mass is 10.3. The largest absolute Gasteiger partial charge is 0.484 e. The highest BCUT2D eigenvalue weighted by Gasteiger charge is 2.14. The molecule has 1 aliphatic heterocycles. The number of nitrogens with one attached hydrogen (secondary N) is 1. The summed E-state index contributed by atoms with van der Waals surface area (Å²) in [6, 6.07) is 7.17. The minimum Gasteiger partial charge on any atom is -0.484 e. The van der Waals surface area contributed by atoms with Crippen LogP contribution in [0.1, 0.15) is 11.7 Å². The monoisotopic (exact) mass is 308 g/mol. The molecule has 0 amide bonds. The van der Waals surface area contributed by atoms with E-state index in [0.29, 0.717) is 23.3 Å². The van der Waals surface area contributed by atoms with Gasteiger partial charge in [0.1, 0.15) is 5.75 Å². The van der Waals surface area contributed by atoms with Gasteiger partial charge in [0.15, 0.2) is 12.4 Å². The minimum absolute atomic E-state index is 0.260. The second kappa shape index (κ2) is 6.89. The van der Waals surface area contributed by atoms with Crippen LogP contribution >= 0.6 is 11.6 Å². The molecule has 0 saturated carbocycles. The fourth-order valence-electron chi connectivity index (χ4n) is 2.16. The third kappa shape index (κ3) is 4.17. The second-order valence-electron chi connectivity index (χ2n) is 4.87. The minimum atomic E-state index is 0.260. The third-order valence-electron chi connectivity index (χ3n) is 3.26. The quantitative estimate of drug-likeness (QED) is 0.907. The summed E-state index contributed by atoms with van der Waals surface area (Å²) >= 11 is 5.82. The Morgan fingerprint density at radius 3 is 2.76 bits per heavy atom. The molecule has 0 unspecified atom stereocenters. The van der Waals surface area contributed by atoms with Crippen molar-refractivity contribution in [3.8, 4) is 5.75 Å². The first-order valence-electron chi connectivity index (χ1n) is 6.92. The van der Waals surface area contributed by atoms with E-state index in [0.717, 1.165) is 31.9 Å². The van der Waals surface area contributed by atoms with Gasteiger partial charge < -0.3 is 14.6 Å². The number of hydrogen-bond acceptors (Lipinski definition) is 6. The zero-order valence-electron chi connectivity index (χ0n) is 11.6. The highest BCUT2D eigenvalue weighted by atomic mass is 35.5. The number of ether oxygens (including phenoxy) is 1. The van der Waals surface area contributed by atoms with Crippen molar-refractivity contribution in [3.63, 3.8) is 0 Å². The maximum atomic E-state index is 5.82. The number of benzene rings is 1. The average molecular weight is 309 g/mol. The molecule has 1 aromatic carbocycles. The van der Waals surface area contributed by atoms with E-state index in [2.05, 4.69) is 20.4 Å². The van der Waals surface area contributed by atoms with Crippen LogP contribution < -0.4 is 10.1 Å². The average Bonchev–Trinajstić information content (AvgIpc) is 2.95. The molecule has 1 fully saturated rings. The fraction of sp³-hybridized carbons (Fsp3) is 0.429. The first kappa shape index (κ1) is 14.3. The molecule has 2 heterocycles. The molecule has 1 N–H and O–H groups in total. The Morgan fingerprint density at radius 2 is 2.00 bits per heavy atom. The van der Waals surface area contributed by atoms with Crippen molar-refractivity contribution in [2.24, 2.45) is 0 Å². The first-order chi connectivity index (χ1) is 10.3. The van der Waals surface area contributed by atoms with E-state index in [1.807, 2.05) is 0 Å². The summed E-state index contributed by atoms with van der Waals surface area (Å²) < 4.78 is 10.8. The van der Waals surface area contributed by atoms with Gasteiger partial charge >= 0.3 is 0 Å². The zero-order chi connectivity index (χ0) is 14.5. The van der Waals surface area contributed by atoms with Gasteiger partial charge in [-0.1, -0.05) is 16.8 Å². The number of nitrogens with zero attached hydrogens (tertiary/aromatic N) is 3. The van der Waals surface area contributed by atoms with E-state index in [1.54, 1.807) is 24.3 Å². The summed E-state index contributed by atoms with van der Waals surface area (Å²) in [5.74, 6) is 1.91. The van der Waals surface area contributed by atoms with Gasteiger partial charge in [0.2, 0.25) is 0 Å². The van der Waals surface area contributed by atoms with Crippen LogP contribution in [-0.2, 0) is 13.2 Å². The Balaban J connectivity index is 1.51. The molecule has 0 atom stereocenters. The van der Waals surface area contributed by atoms with Gasteiger partial charge in [0, 0.05) is 31.2 Å². The number of halogens is 1. The van der Waals surface area contributed by atoms with Crippen molar-refractivity contribution < 1.29 is 9.26 Å². The molecule has 112 valence electrons. The molecule has 1 saturated heterocycles. The van der Waals surface area contributed by atoms with E-state index in [4.69, 9.17) is 20.9 Å². The molecule has 0 bridgehead atoms. The van der Waals surface area contributed by atoms with Gasteiger partial charge in [-0.15, -0.1) is 0 Å². The van der Waals surface area contributed by atoms with Gasteiger partial charge in [0.05, 0.1) is 6.54 Å². The topological polar surface area (TPSA) is 63.4 Å². The van der Waals surface area contributed by atoms with Crippen molar-refractivity contribution >= 4 is 11.6 Å². The molecule has 0 radical (unpaired) electrons. The third-order valence-corrected chi connectivity index (χ3v) is 3.51. The molecule has 7 heteroatoms. The number of piperazine rings is 1. The first-order valence-corrected chi connectivity index (χ1v) is 7.30. The van der Waals surface area contributed by atoms with Crippen molar-refractivity contribution in [1.29, 1.82) is 0 Å². The van der Waals surface area contributed by atoms with Gasteiger partial charge in [-0.2, -0.15) is 4.98 Å². The molecule has 1 aromatic heterocycles. The lowest BCUT2D eigenvalue weighted by Crippen LogP contribution is -2.43. The fourth-order valence-corrected chi connectivity index (χ4v) is 2.28.